The summed E-state index contributed by atoms with van der Waals surface area (Å²) in [6.07, 6.45) is 3.55. The molecule has 0 aromatic heterocycles. The van der Waals surface area contributed by atoms with Crippen molar-refractivity contribution in [3.63, 3.8) is 0 Å². The Balaban J connectivity index is 0.000000980. The van der Waals surface area contributed by atoms with Crippen molar-refractivity contribution in [1.29, 1.82) is 0 Å². The molecule has 0 saturated carbocycles. The molecule has 76 valence electrons. The standard InChI is InChI=1S/C12H15N.ClH/c1-10-2-4-11(5-3-10)12-6-8-13-9-7-12;/h2-6,13H,7-9H2,1H3;1H. The van der Waals surface area contributed by atoms with E-state index in [1.807, 2.05) is 0 Å². The lowest BCUT2D eigenvalue weighted by atomic mass is 9.99. The van der Waals surface area contributed by atoms with Crippen LogP contribution in [0.3, 0.4) is 0 Å². The van der Waals surface area contributed by atoms with Crippen molar-refractivity contribution in [3.8, 4) is 0 Å². The van der Waals surface area contributed by atoms with Crippen molar-refractivity contribution in [2.45, 2.75) is 13.3 Å². The van der Waals surface area contributed by atoms with Crippen molar-refractivity contribution in [2.24, 2.45) is 0 Å². The maximum absolute atomic E-state index is 2.34. The summed E-state index contributed by atoms with van der Waals surface area (Å²) in [4.78, 5) is 0. The number of benzene rings is 1. The molecular weight excluding hydrogens is 194 g/mol. The zero-order valence-electron chi connectivity index (χ0n) is 8.46. The molecule has 14 heavy (non-hydrogen) atoms. The van der Waals surface area contributed by atoms with Gasteiger partial charge in [-0.05, 0) is 24.1 Å². The molecule has 1 aliphatic heterocycles. The highest BCUT2D eigenvalue weighted by Crippen LogP contribution is 2.18. The molecule has 0 bridgehead atoms. The summed E-state index contributed by atoms with van der Waals surface area (Å²) < 4.78 is 0. The van der Waals surface area contributed by atoms with E-state index in [0.717, 1.165) is 6.54 Å². The van der Waals surface area contributed by atoms with Gasteiger partial charge in [0.05, 0.1) is 13.1 Å². The maximum Gasteiger partial charge on any atom is 0.0948 e. The minimum Gasteiger partial charge on any atom is -1.00 e. The molecule has 2 heteroatoms. The number of hydrogen-bond donors (Lipinski definition) is 1. The Labute approximate surface area is 91.6 Å². The van der Waals surface area contributed by atoms with Gasteiger partial charge in [0.2, 0.25) is 0 Å². The van der Waals surface area contributed by atoms with E-state index in [2.05, 4.69) is 42.6 Å². The Morgan fingerprint density at radius 3 is 2.43 bits per heavy atom. The number of quaternary nitrogens is 1. The SMILES string of the molecule is Cc1ccc(C2=CC[NH2+]CC2)cc1.[Cl-]. The van der Waals surface area contributed by atoms with Gasteiger partial charge in [0.25, 0.3) is 0 Å². The highest BCUT2D eigenvalue weighted by atomic mass is 35.5. The first-order chi connectivity index (χ1) is 6.36. The van der Waals surface area contributed by atoms with Crippen molar-refractivity contribution in [1.82, 2.24) is 0 Å². The van der Waals surface area contributed by atoms with Gasteiger partial charge in [-0.25, -0.2) is 0 Å². The lowest BCUT2D eigenvalue weighted by Gasteiger charge is -2.11. The zero-order valence-corrected chi connectivity index (χ0v) is 9.22. The summed E-state index contributed by atoms with van der Waals surface area (Å²) in [5, 5.41) is 2.34. The summed E-state index contributed by atoms with van der Waals surface area (Å²) in [5.41, 5.74) is 4.26. The first kappa shape index (κ1) is 11.3. The van der Waals surface area contributed by atoms with E-state index in [1.54, 1.807) is 0 Å². The Morgan fingerprint density at radius 2 is 1.86 bits per heavy atom. The monoisotopic (exact) mass is 209 g/mol. The van der Waals surface area contributed by atoms with E-state index < -0.39 is 0 Å². The number of nitrogens with two attached hydrogens (primary N) is 1. The molecule has 0 radical (unpaired) electrons. The van der Waals surface area contributed by atoms with Crippen molar-refractivity contribution in [3.05, 3.63) is 41.5 Å². The van der Waals surface area contributed by atoms with Crippen LogP contribution in [0.2, 0.25) is 0 Å². The number of hydrogen-bond acceptors (Lipinski definition) is 0. The van der Waals surface area contributed by atoms with Crippen LogP contribution in [0.4, 0.5) is 0 Å². The van der Waals surface area contributed by atoms with Crippen LogP contribution in [-0.2, 0) is 0 Å². The summed E-state index contributed by atoms with van der Waals surface area (Å²) in [7, 11) is 0. The van der Waals surface area contributed by atoms with Crippen molar-refractivity contribution < 1.29 is 17.7 Å². The number of aryl methyl sites for hydroxylation is 1. The van der Waals surface area contributed by atoms with E-state index in [-0.39, 0.29) is 12.4 Å². The average Bonchev–Trinajstić information content (AvgIpc) is 2.20. The zero-order chi connectivity index (χ0) is 9.10. The van der Waals surface area contributed by atoms with E-state index in [1.165, 1.54) is 29.7 Å². The molecule has 0 unspecified atom stereocenters. The molecule has 1 aromatic rings. The van der Waals surface area contributed by atoms with Gasteiger partial charge in [-0.15, -0.1) is 0 Å². The van der Waals surface area contributed by atoms with Gasteiger partial charge in [0, 0.05) is 6.42 Å². The molecule has 0 aliphatic carbocycles. The summed E-state index contributed by atoms with van der Waals surface area (Å²) >= 11 is 0. The van der Waals surface area contributed by atoms with Crippen LogP contribution in [-0.4, -0.2) is 13.1 Å². The average molecular weight is 210 g/mol. The van der Waals surface area contributed by atoms with Crippen LogP contribution in [0.25, 0.3) is 5.57 Å². The quantitative estimate of drug-likeness (QED) is 0.571. The maximum atomic E-state index is 2.34. The molecule has 0 saturated heterocycles. The van der Waals surface area contributed by atoms with Crippen LogP contribution < -0.4 is 17.7 Å². The third-order valence-electron chi connectivity index (χ3n) is 2.57. The lowest BCUT2D eigenvalue weighted by molar-refractivity contribution is -0.646. The Kier molecular flexibility index (Phi) is 4.18. The second kappa shape index (κ2) is 5.18. The predicted octanol–water partition coefficient (Wildman–Crippen LogP) is -1.65. The van der Waals surface area contributed by atoms with Crippen molar-refractivity contribution >= 4 is 5.57 Å². The molecule has 1 aromatic carbocycles. The van der Waals surface area contributed by atoms with Crippen LogP contribution in [0.15, 0.2) is 30.3 Å². The second-order valence-electron chi connectivity index (χ2n) is 3.66. The predicted molar refractivity (Wildman–Crippen MR) is 55.4 cm³/mol. The van der Waals surface area contributed by atoms with Gasteiger partial charge in [0.15, 0.2) is 0 Å². The molecule has 0 amide bonds. The highest BCUT2D eigenvalue weighted by Gasteiger charge is 2.06. The normalized spacial score (nSPS) is 15.6. The smallest absolute Gasteiger partial charge is 0.0948 e. The molecular formula is C12H16ClN. The van der Waals surface area contributed by atoms with E-state index in [9.17, 15) is 0 Å². The van der Waals surface area contributed by atoms with Gasteiger partial charge in [-0.2, -0.15) is 0 Å². The van der Waals surface area contributed by atoms with E-state index >= 15 is 0 Å². The van der Waals surface area contributed by atoms with Gasteiger partial charge in [-0.3, -0.25) is 0 Å². The molecule has 1 heterocycles. The first-order valence-electron chi connectivity index (χ1n) is 4.94. The van der Waals surface area contributed by atoms with Gasteiger partial charge < -0.3 is 17.7 Å². The molecule has 0 spiro atoms. The third-order valence-corrected chi connectivity index (χ3v) is 2.57. The fourth-order valence-electron chi connectivity index (χ4n) is 1.73. The Hall–Kier alpha value is -0.790. The molecule has 0 fully saturated rings. The van der Waals surface area contributed by atoms with Crippen LogP contribution >= 0.6 is 0 Å². The topological polar surface area (TPSA) is 16.6 Å². The fourth-order valence-corrected chi connectivity index (χ4v) is 1.73. The van der Waals surface area contributed by atoms with E-state index in [4.69, 9.17) is 0 Å². The minimum atomic E-state index is 0. The third kappa shape index (κ3) is 2.60. The second-order valence-corrected chi connectivity index (χ2v) is 3.66. The number of halogens is 1. The van der Waals surface area contributed by atoms with Crippen LogP contribution in [0.1, 0.15) is 17.5 Å². The van der Waals surface area contributed by atoms with Gasteiger partial charge in [0.1, 0.15) is 0 Å². The minimum absolute atomic E-state index is 0. The van der Waals surface area contributed by atoms with Crippen LogP contribution in [0, 0.1) is 6.92 Å². The molecule has 0 atom stereocenters. The number of rotatable bonds is 1. The first-order valence-corrected chi connectivity index (χ1v) is 4.94. The highest BCUT2D eigenvalue weighted by molar-refractivity contribution is 5.66. The Bertz CT molecular complexity index is 314. The van der Waals surface area contributed by atoms with Gasteiger partial charge >= 0.3 is 0 Å². The summed E-state index contributed by atoms with van der Waals surface area (Å²) in [5.74, 6) is 0. The van der Waals surface area contributed by atoms with Crippen molar-refractivity contribution in [2.75, 3.05) is 13.1 Å². The van der Waals surface area contributed by atoms with E-state index in [0.29, 0.717) is 0 Å². The molecule has 1 nitrogen and oxygen atoms in total. The summed E-state index contributed by atoms with van der Waals surface area (Å²) in [6, 6.07) is 8.84. The fraction of sp³-hybridized carbons (Fsp3) is 0.333. The summed E-state index contributed by atoms with van der Waals surface area (Å²) in [6.45, 7) is 4.51. The molecule has 2 N–H and O–H groups in total. The van der Waals surface area contributed by atoms with Crippen LogP contribution in [0.5, 0.6) is 0 Å². The largest absolute Gasteiger partial charge is 1.00 e. The lowest BCUT2D eigenvalue weighted by Crippen LogP contribution is -3.00. The molecule has 2 rings (SSSR count). The van der Waals surface area contributed by atoms with Gasteiger partial charge in [-0.1, -0.05) is 29.8 Å². The Morgan fingerprint density at radius 1 is 1.14 bits per heavy atom. The molecule has 1 aliphatic rings.